The van der Waals surface area contributed by atoms with E-state index in [1.807, 2.05) is 29.2 Å². The van der Waals surface area contributed by atoms with Gasteiger partial charge in [-0.2, -0.15) is 5.26 Å². The Hall–Kier alpha value is -5.52. The van der Waals surface area contributed by atoms with E-state index in [4.69, 9.17) is 16.3 Å². The van der Waals surface area contributed by atoms with Crippen molar-refractivity contribution in [2.75, 3.05) is 42.5 Å². The number of carbonyl (C=O) groups excluding carboxylic acids is 5. The van der Waals surface area contributed by atoms with Crippen LogP contribution in [-0.4, -0.2) is 91.4 Å². The zero-order valence-electron chi connectivity index (χ0n) is 34.9. The quantitative estimate of drug-likeness (QED) is 0.200. The molecule has 0 unspecified atom stereocenters. The van der Waals surface area contributed by atoms with Gasteiger partial charge in [-0.05, 0) is 93.1 Å². The van der Waals surface area contributed by atoms with Crippen molar-refractivity contribution in [2.24, 2.45) is 16.7 Å². The lowest BCUT2D eigenvalue weighted by molar-refractivity contribution is -0.164. The molecule has 320 valence electrons. The smallest absolute Gasteiger partial charge is 0.262 e. The Morgan fingerprint density at radius 1 is 0.918 bits per heavy atom. The largest absolute Gasteiger partial charge is 0.489 e. The Morgan fingerprint density at radius 3 is 2.25 bits per heavy atom. The first-order valence-corrected chi connectivity index (χ1v) is 21.5. The van der Waals surface area contributed by atoms with Gasteiger partial charge in [0.2, 0.25) is 11.8 Å². The van der Waals surface area contributed by atoms with E-state index in [0.717, 1.165) is 62.0 Å². The number of nitriles is 1. The second kappa shape index (κ2) is 16.4. The van der Waals surface area contributed by atoms with Gasteiger partial charge >= 0.3 is 0 Å². The fourth-order valence-electron chi connectivity index (χ4n) is 10.5. The number of nitrogens with zero attached hydrogens (tertiary/aromatic N) is 4. The van der Waals surface area contributed by atoms with Gasteiger partial charge in [-0.15, -0.1) is 0 Å². The molecule has 61 heavy (non-hydrogen) atoms. The maximum absolute atomic E-state index is 15.4. The maximum Gasteiger partial charge on any atom is 0.262 e. The van der Waals surface area contributed by atoms with Gasteiger partial charge in [-0.1, -0.05) is 39.3 Å². The molecule has 0 spiro atoms. The minimum Gasteiger partial charge on any atom is -0.489 e. The van der Waals surface area contributed by atoms with Crippen LogP contribution in [-0.2, 0) is 9.59 Å². The Kier molecular flexibility index (Phi) is 11.3. The molecular formula is C46H51ClFN7O6. The van der Waals surface area contributed by atoms with Crippen molar-refractivity contribution in [3.63, 3.8) is 0 Å². The number of hydrogen-bond acceptors (Lipinski definition) is 10. The lowest BCUT2D eigenvalue weighted by Gasteiger charge is -2.63. The van der Waals surface area contributed by atoms with E-state index in [9.17, 15) is 29.2 Å². The van der Waals surface area contributed by atoms with Crippen LogP contribution in [0.1, 0.15) is 103 Å². The predicted molar refractivity (Wildman–Crippen MR) is 227 cm³/mol. The number of carbonyl (C=O) groups is 5. The Labute approximate surface area is 359 Å². The van der Waals surface area contributed by atoms with E-state index in [1.165, 1.54) is 6.07 Å². The van der Waals surface area contributed by atoms with Crippen LogP contribution in [0.4, 0.5) is 15.8 Å². The molecule has 0 bridgehead atoms. The van der Waals surface area contributed by atoms with Crippen molar-refractivity contribution in [1.82, 2.24) is 20.9 Å². The third-order valence-corrected chi connectivity index (χ3v) is 13.9. The number of halogens is 2. The van der Waals surface area contributed by atoms with Crippen molar-refractivity contribution < 1.29 is 33.1 Å². The summed E-state index contributed by atoms with van der Waals surface area (Å²) in [5, 5.41) is 18.7. The van der Waals surface area contributed by atoms with Crippen LogP contribution in [0.15, 0.2) is 54.6 Å². The summed E-state index contributed by atoms with van der Waals surface area (Å²) < 4.78 is 21.8. The number of anilines is 2. The molecule has 1 aliphatic carbocycles. The fourth-order valence-corrected chi connectivity index (χ4v) is 10.7. The van der Waals surface area contributed by atoms with Gasteiger partial charge < -0.3 is 25.2 Å². The molecule has 3 N–H and O–H groups in total. The van der Waals surface area contributed by atoms with Crippen LogP contribution in [0.3, 0.4) is 0 Å². The number of amides is 5. The number of fused-ring (bicyclic) bond motifs is 1. The number of nitrogens with one attached hydrogen (secondary N) is 3. The van der Waals surface area contributed by atoms with E-state index in [1.54, 1.807) is 18.2 Å². The van der Waals surface area contributed by atoms with Crippen LogP contribution in [0.25, 0.3) is 0 Å². The van der Waals surface area contributed by atoms with Crippen LogP contribution in [0, 0.1) is 33.9 Å². The molecule has 13 nitrogen and oxygen atoms in total. The van der Waals surface area contributed by atoms with E-state index in [-0.39, 0.29) is 58.5 Å². The summed E-state index contributed by atoms with van der Waals surface area (Å²) in [5.74, 6) is -2.30. The first-order chi connectivity index (χ1) is 29.1. The van der Waals surface area contributed by atoms with Crippen molar-refractivity contribution in [3.8, 4) is 11.8 Å². The van der Waals surface area contributed by atoms with Gasteiger partial charge in [0.1, 0.15) is 29.8 Å². The van der Waals surface area contributed by atoms with Gasteiger partial charge in [0.15, 0.2) is 0 Å². The van der Waals surface area contributed by atoms with E-state index in [0.29, 0.717) is 46.9 Å². The number of benzene rings is 3. The molecule has 1 saturated carbocycles. The molecule has 4 heterocycles. The first kappa shape index (κ1) is 42.2. The number of piperidine rings is 2. The van der Waals surface area contributed by atoms with Crippen LogP contribution < -0.4 is 30.5 Å². The zero-order chi connectivity index (χ0) is 43.4. The third-order valence-electron chi connectivity index (χ3n) is 13.5. The first-order valence-electron chi connectivity index (χ1n) is 21.1. The highest BCUT2D eigenvalue weighted by Gasteiger charge is 2.64. The number of rotatable bonds is 11. The SMILES string of the molecule is CC1(C)C(NC(=O)c2ccc(N3CCC(NCC[C@@H]4CCN(c5cc6c(cc5F)C(=O)N([C@@H]5CCC(=O)NC5=O)C6=O)C4)CC3)cc2)C(C)(C)C1Oc1ccc(C#N)c(Cl)c1. The van der Waals surface area contributed by atoms with Gasteiger partial charge in [0.25, 0.3) is 17.7 Å². The molecule has 3 aromatic carbocycles. The van der Waals surface area contributed by atoms with Crippen LogP contribution in [0.2, 0.25) is 5.02 Å². The topological polar surface area (TPSA) is 164 Å². The monoisotopic (exact) mass is 851 g/mol. The summed E-state index contributed by atoms with van der Waals surface area (Å²) in [4.78, 5) is 69.1. The standard InChI is InChI=1S/C46H51ClFN7O6/c1-45(2)43(46(3,4)44(45)61-31-10-7-28(24-49)34(47)21-31)52-39(57)27-5-8-30(9-6-27)53-19-15-29(16-20-53)50-17-13-26-14-18-54(25-26)37-23-33-32(22-35(37)48)41(59)55(42(33)60)36-11-12-38(56)51-40(36)58/h5-10,21-23,26,29,36,43-44,50H,11-20,25H2,1-4H3,(H,52,57)(H,51,56,58)/t26-,36-,43?,44?/m1/s1. The summed E-state index contributed by atoms with van der Waals surface area (Å²) in [6.45, 7) is 12.2. The van der Waals surface area contributed by atoms with Gasteiger partial charge in [-0.3, -0.25) is 34.2 Å². The molecule has 2 atom stereocenters. The molecule has 5 aliphatic rings. The second-order valence-corrected chi connectivity index (χ2v) is 18.7. The van der Waals surface area contributed by atoms with Gasteiger partial charge in [0, 0.05) is 72.8 Å². The summed E-state index contributed by atoms with van der Waals surface area (Å²) in [7, 11) is 0. The molecule has 0 aromatic heterocycles. The van der Waals surface area contributed by atoms with Crippen LogP contribution in [0.5, 0.6) is 5.75 Å². The summed E-state index contributed by atoms with van der Waals surface area (Å²) >= 11 is 6.25. The summed E-state index contributed by atoms with van der Waals surface area (Å²) in [6, 6.07) is 16.6. The average molecular weight is 852 g/mol. The summed E-state index contributed by atoms with van der Waals surface area (Å²) in [6.07, 6.45) is 3.62. The molecule has 0 radical (unpaired) electrons. The fraction of sp³-hybridized carbons (Fsp3) is 0.478. The van der Waals surface area contributed by atoms with Crippen molar-refractivity contribution >= 4 is 52.5 Å². The van der Waals surface area contributed by atoms with Crippen molar-refractivity contribution in [2.45, 2.75) is 90.4 Å². The lowest BCUT2D eigenvalue weighted by atomic mass is 9.49. The lowest BCUT2D eigenvalue weighted by Crippen LogP contribution is -2.74. The van der Waals surface area contributed by atoms with E-state index in [2.05, 4.69) is 54.6 Å². The van der Waals surface area contributed by atoms with E-state index >= 15 is 4.39 Å². The molecule has 4 fully saturated rings. The minimum absolute atomic E-state index is 0.0175. The highest BCUT2D eigenvalue weighted by atomic mass is 35.5. The number of ether oxygens (including phenoxy) is 1. The molecule has 4 aliphatic heterocycles. The number of imide groups is 2. The van der Waals surface area contributed by atoms with Crippen LogP contribution >= 0.6 is 11.6 Å². The maximum atomic E-state index is 15.4. The third kappa shape index (κ3) is 7.94. The van der Waals surface area contributed by atoms with Gasteiger partial charge in [0.05, 0.1) is 27.4 Å². The Balaban J connectivity index is 0.776. The Morgan fingerprint density at radius 2 is 1.59 bits per heavy atom. The molecule has 5 amide bonds. The van der Waals surface area contributed by atoms with Crippen molar-refractivity contribution in [3.05, 3.63) is 87.7 Å². The zero-order valence-corrected chi connectivity index (χ0v) is 35.6. The average Bonchev–Trinajstić information content (AvgIpc) is 3.79. The molecule has 8 rings (SSSR count). The normalized spacial score (nSPS) is 24.6. The molecular weight excluding hydrogens is 801 g/mol. The predicted octanol–water partition coefficient (Wildman–Crippen LogP) is 5.84. The highest BCUT2D eigenvalue weighted by molar-refractivity contribution is 6.31. The highest BCUT2D eigenvalue weighted by Crippen LogP contribution is 2.55. The second-order valence-electron chi connectivity index (χ2n) is 18.2. The van der Waals surface area contributed by atoms with E-state index < -0.39 is 35.5 Å². The molecule has 3 saturated heterocycles. The number of hydrogen-bond donors (Lipinski definition) is 3. The van der Waals surface area contributed by atoms with Gasteiger partial charge in [-0.25, -0.2) is 4.39 Å². The molecule has 15 heteroatoms. The van der Waals surface area contributed by atoms with Crippen molar-refractivity contribution in [1.29, 1.82) is 5.26 Å². The minimum atomic E-state index is -1.10. The summed E-state index contributed by atoms with van der Waals surface area (Å²) in [5.41, 5.74) is 1.63. The Bertz CT molecular complexity index is 2310. The molecule has 3 aromatic rings.